The van der Waals surface area contributed by atoms with Crippen LogP contribution in [-0.4, -0.2) is 91.7 Å². The van der Waals surface area contributed by atoms with Gasteiger partial charge in [-0.25, -0.2) is 4.57 Å². The number of hydrogen-bond acceptors (Lipinski definition) is 6. The van der Waals surface area contributed by atoms with Crippen molar-refractivity contribution in [2.75, 3.05) is 65.6 Å². The Bertz CT molecular complexity index is 612. The highest BCUT2D eigenvalue weighted by atomic mass is 31.2. The molecule has 1 aliphatic heterocycles. The van der Waals surface area contributed by atoms with Crippen LogP contribution >= 0.6 is 7.82 Å². The lowest BCUT2D eigenvalue weighted by atomic mass is 10.1. The third-order valence-corrected chi connectivity index (χ3v) is 6.65. The van der Waals surface area contributed by atoms with Crippen LogP contribution in [0.2, 0.25) is 0 Å². The van der Waals surface area contributed by atoms with Crippen molar-refractivity contribution in [3.8, 4) is 0 Å². The molecule has 1 saturated heterocycles. The molecule has 0 spiro atoms. The summed E-state index contributed by atoms with van der Waals surface area (Å²) in [6.45, 7) is 6.02. The van der Waals surface area contributed by atoms with E-state index in [1.165, 1.54) is 0 Å². The quantitative estimate of drug-likeness (QED) is 0.0871. The number of ether oxygens (including phenoxy) is 1. The van der Waals surface area contributed by atoms with Crippen molar-refractivity contribution in [3.05, 3.63) is 0 Å². The van der Waals surface area contributed by atoms with Gasteiger partial charge in [0.1, 0.15) is 19.7 Å². The van der Waals surface area contributed by atoms with Crippen LogP contribution in [0.15, 0.2) is 0 Å². The monoisotopic (exact) mass is 509 g/mol. The van der Waals surface area contributed by atoms with Crippen LogP contribution in [0.5, 0.6) is 0 Å². The molecule has 0 aliphatic carbocycles. The summed E-state index contributed by atoms with van der Waals surface area (Å²) in [5.74, 6) is 0.0899. The fourth-order valence-electron chi connectivity index (χ4n) is 4.14. The number of phosphoric ester groups is 1. The molecule has 34 heavy (non-hydrogen) atoms. The molecule has 0 atom stereocenters. The van der Waals surface area contributed by atoms with Gasteiger partial charge in [-0.15, -0.1) is 0 Å². The Morgan fingerprint density at radius 2 is 1.41 bits per heavy atom. The first-order valence-corrected chi connectivity index (χ1v) is 14.2. The highest BCUT2D eigenvalue weighted by molar-refractivity contribution is 7.46. The maximum absolute atomic E-state index is 11.9. The predicted octanol–water partition coefficient (Wildman–Crippen LogP) is 1.03. The number of unbranched alkanes of at least 4 members (excludes halogenated alkanes) is 4. The second kappa shape index (κ2) is 18.2. The van der Waals surface area contributed by atoms with E-state index < -0.39 is 7.82 Å². The fourth-order valence-corrected chi connectivity index (χ4v) is 4.46. The summed E-state index contributed by atoms with van der Waals surface area (Å²) < 4.78 is 21.9. The van der Waals surface area contributed by atoms with E-state index in [1.807, 2.05) is 0 Å². The lowest BCUT2D eigenvalue weighted by Crippen LogP contribution is -2.49. The van der Waals surface area contributed by atoms with E-state index in [0.717, 1.165) is 75.5 Å². The molecule has 1 heterocycles. The topological polar surface area (TPSA) is 160 Å². The van der Waals surface area contributed by atoms with Crippen LogP contribution in [0, 0.1) is 0 Å². The smallest absolute Gasteiger partial charge is 0.374 e. The maximum atomic E-state index is 11.9. The fraction of sp³-hybridized carbons (Fsp3) is 0.909. The number of hydrogen-bond donors (Lipinski definition) is 5. The normalized spacial score (nSPS) is 15.4. The van der Waals surface area contributed by atoms with Crippen LogP contribution in [-0.2, 0) is 23.4 Å². The van der Waals surface area contributed by atoms with Gasteiger partial charge in [-0.2, -0.15) is 0 Å². The molecule has 0 aromatic rings. The Labute approximate surface area is 203 Å². The minimum Gasteiger partial charge on any atom is -0.374 e. The van der Waals surface area contributed by atoms with Crippen molar-refractivity contribution in [2.45, 2.75) is 64.2 Å². The second-order valence-electron chi connectivity index (χ2n) is 8.99. The van der Waals surface area contributed by atoms with E-state index in [9.17, 15) is 14.2 Å². The third-order valence-electron chi connectivity index (χ3n) is 6.13. The molecule has 0 bridgehead atoms. The number of nitrogens with two attached hydrogens (primary N) is 1. The zero-order chi connectivity index (χ0) is 25.1. The van der Waals surface area contributed by atoms with E-state index in [0.29, 0.717) is 52.2 Å². The lowest BCUT2D eigenvalue weighted by molar-refractivity contribution is -0.917. The van der Waals surface area contributed by atoms with E-state index in [1.54, 1.807) is 0 Å². The average molecular weight is 510 g/mol. The summed E-state index contributed by atoms with van der Waals surface area (Å²) in [7, 11) is -4.43. The van der Waals surface area contributed by atoms with Gasteiger partial charge < -0.3 is 35.4 Å². The van der Waals surface area contributed by atoms with Gasteiger partial charge in [0.25, 0.3) is 0 Å². The molecule has 12 heteroatoms. The van der Waals surface area contributed by atoms with Crippen LogP contribution in [0.3, 0.4) is 0 Å². The number of rotatable bonds is 21. The molecule has 0 radical (unpaired) electrons. The van der Waals surface area contributed by atoms with E-state index in [4.69, 9.17) is 20.3 Å². The van der Waals surface area contributed by atoms with Gasteiger partial charge in [0.15, 0.2) is 0 Å². The molecule has 0 aromatic heterocycles. The number of nitrogens with one attached hydrogen (secondary N) is 2. The van der Waals surface area contributed by atoms with Gasteiger partial charge in [0.05, 0.1) is 26.3 Å². The molecule has 11 nitrogen and oxygen atoms in total. The first kappa shape index (κ1) is 31.0. The van der Waals surface area contributed by atoms with Crippen molar-refractivity contribution >= 4 is 19.6 Å². The summed E-state index contributed by atoms with van der Waals surface area (Å²) in [6, 6.07) is 0. The number of nitrogens with zero attached hydrogens (tertiary/aromatic N) is 1. The molecular formula is C22H46N4O7P+. The van der Waals surface area contributed by atoms with Gasteiger partial charge in [0, 0.05) is 38.8 Å². The van der Waals surface area contributed by atoms with Crippen molar-refractivity contribution < 1.29 is 37.7 Å². The standard InChI is InChI=1S/C22H45N4O7P/c23-11-5-1-3-9-21(27)24-12-6-2-4-10-22(28)25-13-18-32-19-16-26(14-7-8-15-26)17-20-33-34(29,30)31/h1-20,23H2,(H3-,24,25,27,28,29,30,31)/p+1. The Kier molecular flexibility index (Phi) is 16.6. The average Bonchev–Trinajstić information content (AvgIpc) is 3.24. The van der Waals surface area contributed by atoms with Gasteiger partial charge in [0.2, 0.25) is 11.8 Å². The summed E-state index contributed by atoms with van der Waals surface area (Å²) >= 11 is 0. The summed E-state index contributed by atoms with van der Waals surface area (Å²) in [5, 5.41) is 5.77. The van der Waals surface area contributed by atoms with Crippen LogP contribution in [0.25, 0.3) is 0 Å². The number of likely N-dealkylation sites (tertiary alicyclic amines) is 1. The minimum absolute atomic E-state index is 0.00479. The van der Waals surface area contributed by atoms with Crippen molar-refractivity contribution in [1.82, 2.24) is 10.6 Å². The SMILES string of the molecule is NCCCCCC(=O)NCCCCCC(=O)NCCOCC[N+]1(CCOP(=O)(O)O)CCCC1. The van der Waals surface area contributed by atoms with Crippen LogP contribution < -0.4 is 16.4 Å². The van der Waals surface area contributed by atoms with Crippen LogP contribution in [0.1, 0.15) is 64.2 Å². The van der Waals surface area contributed by atoms with Crippen molar-refractivity contribution in [1.29, 1.82) is 0 Å². The largest absolute Gasteiger partial charge is 0.469 e. The molecular weight excluding hydrogens is 463 g/mol. The van der Waals surface area contributed by atoms with Gasteiger partial charge >= 0.3 is 7.82 Å². The zero-order valence-electron chi connectivity index (χ0n) is 20.5. The number of quaternary nitrogens is 1. The molecule has 0 saturated carbocycles. The Morgan fingerprint density at radius 3 is 2.03 bits per heavy atom. The number of phosphoric acid groups is 1. The predicted molar refractivity (Wildman–Crippen MR) is 130 cm³/mol. The van der Waals surface area contributed by atoms with Gasteiger partial charge in [-0.3, -0.25) is 14.1 Å². The van der Waals surface area contributed by atoms with E-state index in [2.05, 4.69) is 15.2 Å². The molecule has 6 N–H and O–H groups in total. The summed E-state index contributed by atoms with van der Waals surface area (Å²) in [4.78, 5) is 41.3. The van der Waals surface area contributed by atoms with Crippen molar-refractivity contribution in [2.24, 2.45) is 5.73 Å². The molecule has 200 valence electrons. The number of carbonyl (C=O) groups excluding carboxylic acids is 2. The molecule has 1 aliphatic rings. The first-order chi connectivity index (χ1) is 16.3. The zero-order valence-corrected chi connectivity index (χ0v) is 21.4. The molecule has 1 rings (SSSR count). The third kappa shape index (κ3) is 16.5. The molecule has 1 fully saturated rings. The van der Waals surface area contributed by atoms with E-state index >= 15 is 0 Å². The summed E-state index contributed by atoms with van der Waals surface area (Å²) in [5.41, 5.74) is 5.43. The Balaban J connectivity index is 1.98. The minimum atomic E-state index is -4.43. The Morgan fingerprint density at radius 1 is 0.824 bits per heavy atom. The van der Waals surface area contributed by atoms with Gasteiger partial charge in [-0.1, -0.05) is 12.8 Å². The second-order valence-corrected chi connectivity index (χ2v) is 10.2. The molecule has 2 amide bonds. The highest BCUT2D eigenvalue weighted by Gasteiger charge is 2.32. The Hall–Kier alpha value is -1.07. The van der Waals surface area contributed by atoms with E-state index in [-0.39, 0.29) is 18.4 Å². The molecule has 0 aromatic carbocycles. The number of carbonyl (C=O) groups is 2. The highest BCUT2D eigenvalue weighted by Crippen LogP contribution is 2.35. The lowest BCUT2D eigenvalue weighted by Gasteiger charge is -2.34. The summed E-state index contributed by atoms with van der Waals surface area (Å²) in [6.07, 6.45) is 8.57. The maximum Gasteiger partial charge on any atom is 0.469 e. The molecule has 0 unspecified atom stereocenters. The number of amides is 2. The van der Waals surface area contributed by atoms with Crippen LogP contribution in [0.4, 0.5) is 0 Å². The van der Waals surface area contributed by atoms with Crippen molar-refractivity contribution in [3.63, 3.8) is 0 Å². The van der Waals surface area contributed by atoms with Gasteiger partial charge in [-0.05, 0) is 32.2 Å². The first-order valence-electron chi connectivity index (χ1n) is 12.6.